The van der Waals surface area contributed by atoms with E-state index in [0.717, 1.165) is 22.9 Å². The molecule has 0 saturated carbocycles. The molecular weight excluding hydrogens is 353 g/mol. The minimum atomic E-state index is -0.273. The van der Waals surface area contributed by atoms with Crippen LogP contribution in [-0.4, -0.2) is 17.3 Å². The summed E-state index contributed by atoms with van der Waals surface area (Å²) >= 11 is 4.97. The van der Waals surface area contributed by atoms with Gasteiger partial charge in [0.15, 0.2) is 0 Å². The molecule has 1 aromatic heterocycles. The minimum absolute atomic E-state index is 0.0907. The third-order valence-corrected chi connectivity index (χ3v) is 5.89. The van der Waals surface area contributed by atoms with Gasteiger partial charge in [0.05, 0.1) is 4.88 Å². The molecule has 0 radical (unpaired) electrons. The van der Waals surface area contributed by atoms with Gasteiger partial charge in [0.2, 0.25) is 0 Å². The van der Waals surface area contributed by atoms with Crippen molar-refractivity contribution >= 4 is 43.3 Å². The molecule has 0 bridgehead atoms. The van der Waals surface area contributed by atoms with E-state index >= 15 is 0 Å². The molecule has 1 amide bonds. The van der Waals surface area contributed by atoms with Crippen LogP contribution < -0.4 is 5.32 Å². The van der Waals surface area contributed by atoms with Crippen molar-refractivity contribution in [2.24, 2.45) is 5.92 Å². The highest BCUT2D eigenvalue weighted by Gasteiger charge is 2.17. The van der Waals surface area contributed by atoms with Crippen molar-refractivity contribution < 1.29 is 9.18 Å². The monoisotopic (exact) mass is 371 g/mol. The van der Waals surface area contributed by atoms with E-state index in [4.69, 9.17) is 0 Å². The molecule has 1 aromatic carbocycles. The second-order valence-corrected chi connectivity index (χ2v) is 7.36. The summed E-state index contributed by atoms with van der Waals surface area (Å²) in [4.78, 5) is 13.1. The number of alkyl halides is 1. The van der Waals surface area contributed by atoms with E-state index < -0.39 is 0 Å². The van der Waals surface area contributed by atoms with Crippen LogP contribution in [0.5, 0.6) is 0 Å². The topological polar surface area (TPSA) is 29.1 Å². The maximum Gasteiger partial charge on any atom is 0.261 e. The Labute approximate surface area is 136 Å². The lowest BCUT2D eigenvalue weighted by molar-refractivity contribution is 0.0956. The Balaban J connectivity index is 2.02. The maximum atomic E-state index is 13.2. The van der Waals surface area contributed by atoms with Crippen LogP contribution in [0.2, 0.25) is 0 Å². The molecule has 1 N–H and O–H groups in total. The Bertz CT molecular complexity index is 624. The average molecular weight is 372 g/mol. The van der Waals surface area contributed by atoms with Gasteiger partial charge >= 0.3 is 0 Å². The van der Waals surface area contributed by atoms with E-state index in [9.17, 15) is 9.18 Å². The number of thiophene rings is 1. The van der Waals surface area contributed by atoms with Crippen molar-refractivity contribution in [1.82, 2.24) is 5.32 Å². The molecule has 1 heterocycles. The summed E-state index contributed by atoms with van der Waals surface area (Å²) in [6.07, 6.45) is 2.18. The molecular formula is C16H19BrFNOS. The zero-order valence-corrected chi connectivity index (χ0v) is 14.6. The summed E-state index contributed by atoms with van der Waals surface area (Å²) in [5.74, 6) is 0.194. The molecule has 0 aliphatic carbocycles. The standard InChI is InChI=1S/C16H19BrFNOS/c1-3-10(4-2)13(17)9-19-16(20)15-7-11-5-6-12(18)8-14(11)21-15/h5-8,10,13H,3-4,9H2,1-2H3,(H,19,20). The number of hydrogen-bond acceptors (Lipinski definition) is 2. The molecule has 2 rings (SSSR count). The number of nitrogens with one attached hydrogen (secondary N) is 1. The van der Waals surface area contributed by atoms with Crippen molar-refractivity contribution in [3.63, 3.8) is 0 Å². The quantitative estimate of drug-likeness (QED) is 0.713. The van der Waals surface area contributed by atoms with Gasteiger partial charge in [-0.05, 0) is 29.5 Å². The van der Waals surface area contributed by atoms with Gasteiger partial charge in [-0.25, -0.2) is 4.39 Å². The SMILES string of the molecule is CCC(CC)C(Br)CNC(=O)c1cc2ccc(F)cc2s1. The molecule has 2 nitrogen and oxygen atoms in total. The lowest BCUT2D eigenvalue weighted by Crippen LogP contribution is -2.32. The highest BCUT2D eigenvalue weighted by molar-refractivity contribution is 9.09. The van der Waals surface area contributed by atoms with Crippen molar-refractivity contribution in [2.75, 3.05) is 6.54 Å². The fraction of sp³-hybridized carbons (Fsp3) is 0.438. The highest BCUT2D eigenvalue weighted by atomic mass is 79.9. The van der Waals surface area contributed by atoms with Gasteiger partial charge in [0.1, 0.15) is 5.82 Å². The second kappa shape index (κ2) is 7.36. The molecule has 114 valence electrons. The van der Waals surface area contributed by atoms with E-state index in [1.54, 1.807) is 6.07 Å². The number of hydrogen-bond donors (Lipinski definition) is 1. The van der Waals surface area contributed by atoms with E-state index in [0.29, 0.717) is 17.3 Å². The highest BCUT2D eigenvalue weighted by Crippen LogP contribution is 2.26. The van der Waals surface area contributed by atoms with E-state index in [-0.39, 0.29) is 16.6 Å². The molecule has 5 heteroatoms. The third-order valence-electron chi connectivity index (χ3n) is 3.72. The summed E-state index contributed by atoms with van der Waals surface area (Å²) in [7, 11) is 0. The molecule has 1 unspecified atom stereocenters. The van der Waals surface area contributed by atoms with Crippen LogP contribution in [0.1, 0.15) is 36.4 Å². The molecule has 2 aromatic rings. The van der Waals surface area contributed by atoms with Crippen LogP contribution in [0.25, 0.3) is 10.1 Å². The van der Waals surface area contributed by atoms with Gasteiger partial charge in [-0.15, -0.1) is 11.3 Å². The summed E-state index contributed by atoms with van der Waals surface area (Å²) in [6.45, 7) is 4.92. The fourth-order valence-corrected chi connectivity index (χ4v) is 4.27. The lowest BCUT2D eigenvalue weighted by Gasteiger charge is -2.19. The van der Waals surface area contributed by atoms with Crippen LogP contribution in [0.4, 0.5) is 4.39 Å². The van der Waals surface area contributed by atoms with Crippen molar-refractivity contribution in [3.8, 4) is 0 Å². The van der Waals surface area contributed by atoms with Crippen LogP contribution >= 0.6 is 27.3 Å². The summed E-state index contributed by atoms with van der Waals surface area (Å²) in [5.41, 5.74) is 0. The van der Waals surface area contributed by atoms with Gasteiger partial charge in [-0.1, -0.05) is 48.7 Å². The number of halogens is 2. The first-order valence-electron chi connectivity index (χ1n) is 7.16. The Kier molecular flexibility index (Phi) is 5.76. The minimum Gasteiger partial charge on any atom is -0.350 e. The van der Waals surface area contributed by atoms with Crippen molar-refractivity contribution in [1.29, 1.82) is 0 Å². The number of carbonyl (C=O) groups is 1. The molecule has 0 fully saturated rings. The predicted octanol–water partition coefficient (Wildman–Crippen LogP) is 4.97. The first-order valence-corrected chi connectivity index (χ1v) is 8.89. The molecule has 1 atom stereocenters. The Hall–Kier alpha value is -0.940. The summed E-state index contributed by atoms with van der Waals surface area (Å²) < 4.78 is 14.0. The maximum absolute atomic E-state index is 13.2. The van der Waals surface area contributed by atoms with Gasteiger partial charge in [-0.3, -0.25) is 4.79 Å². The first kappa shape index (κ1) is 16.4. The molecule has 0 spiro atoms. The average Bonchev–Trinajstić information content (AvgIpc) is 2.89. The Morgan fingerprint density at radius 2 is 2.05 bits per heavy atom. The third kappa shape index (κ3) is 4.04. The van der Waals surface area contributed by atoms with E-state index in [1.165, 1.54) is 23.5 Å². The smallest absolute Gasteiger partial charge is 0.261 e. The number of amides is 1. The first-order chi connectivity index (χ1) is 10.0. The van der Waals surface area contributed by atoms with Crippen LogP contribution in [0.15, 0.2) is 24.3 Å². The molecule has 0 aliphatic rings. The normalized spacial score (nSPS) is 12.8. The summed E-state index contributed by atoms with van der Waals surface area (Å²) in [5, 5.41) is 3.86. The van der Waals surface area contributed by atoms with Gasteiger partial charge < -0.3 is 5.32 Å². The van der Waals surface area contributed by atoms with Crippen molar-refractivity contribution in [3.05, 3.63) is 35.0 Å². The van der Waals surface area contributed by atoms with E-state index in [2.05, 4.69) is 35.1 Å². The molecule has 0 saturated heterocycles. The second-order valence-electron chi connectivity index (χ2n) is 5.10. The Morgan fingerprint density at radius 1 is 1.33 bits per heavy atom. The zero-order valence-electron chi connectivity index (χ0n) is 12.2. The van der Waals surface area contributed by atoms with Crippen LogP contribution in [0, 0.1) is 11.7 Å². The number of rotatable bonds is 6. The van der Waals surface area contributed by atoms with Gasteiger partial charge in [-0.2, -0.15) is 0 Å². The molecule has 0 aliphatic heterocycles. The zero-order chi connectivity index (χ0) is 15.4. The number of benzene rings is 1. The predicted molar refractivity (Wildman–Crippen MR) is 90.9 cm³/mol. The fourth-order valence-electron chi connectivity index (χ4n) is 2.36. The van der Waals surface area contributed by atoms with E-state index in [1.807, 2.05) is 6.07 Å². The van der Waals surface area contributed by atoms with Crippen LogP contribution in [0.3, 0.4) is 0 Å². The van der Waals surface area contributed by atoms with Crippen LogP contribution in [-0.2, 0) is 0 Å². The largest absolute Gasteiger partial charge is 0.350 e. The van der Waals surface area contributed by atoms with Crippen molar-refractivity contribution in [2.45, 2.75) is 31.5 Å². The molecule has 21 heavy (non-hydrogen) atoms. The van der Waals surface area contributed by atoms with Gasteiger partial charge in [0, 0.05) is 16.1 Å². The number of carbonyl (C=O) groups excluding carboxylic acids is 1. The van der Waals surface area contributed by atoms with Gasteiger partial charge in [0.25, 0.3) is 5.91 Å². The summed E-state index contributed by atoms with van der Waals surface area (Å²) in [6, 6.07) is 6.40. The Morgan fingerprint density at radius 3 is 2.71 bits per heavy atom. The number of fused-ring (bicyclic) bond motifs is 1. The lowest BCUT2D eigenvalue weighted by atomic mass is 9.99.